The Labute approximate surface area is 99.7 Å². The summed E-state index contributed by atoms with van der Waals surface area (Å²) in [5.74, 6) is -0.734. The van der Waals surface area contributed by atoms with Crippen molar-refractivity contribution in [3.63, 3.8) is 0 Å². The smallest absolute Gasteiger partial charge is 0.331 e. The molecule has 0 rings (SSSR count). The maximum Gasteiger partial charge on any atom is 0.331 e. The molecule has 0 atom stereocenters. The molecule has 16 heavy (non-hydrogen) atoms. The van der Waals surface area contributed by atoms with Crippen molar-refractivity contribution < 1.29 is 9.90 Å². The summed E-state index contributed by atoms with van der Waals surface area (Å²) in [6.45, 7) is 4.29. The van der Waals surface area contributed by atoms with Crippen molar-refractivity contribution in [2.75, 3.05) is 0 Å². The van der Waals surface area contributed by atoms with E-state index in [1.165, 1.54) is 25.7 Å². The van der Waals surface area contributed by atoms with Crippen LogP contribution in [-0.4, -0.2) is 11.1 Å². The second kappa shape index (κ2) is 10.7. The number of unbranched alkanes of at least 4 members (excludes halogenated alkanes) is 6. The number of hydrogen-bond acceptors (Lipinski definition) is 1. The Balaban J connectivity index is 3.72. The maximum absolute atomic E-state index is 10.9. The van der Waals surface area contributed by atoms with Gasteiger partial charge in [0.1, 0.15) is 0 Å². The summed E-state index contributed by atoms with van der Waals surface area (Å²) < 4.78 is 0. The summed E-state index contributed by atoms with van der Waals surface area (Å²) in [6.07, 6.45) is 11.8. The molecule has 0 aromatic heterocycles. The van der Waals surface area contributed by atoms with E-state index in [2.05, 4.69) is 13.8 Å². The van der Waals surface area contributed by atoms with Gasteiger partial charge in [-0.2, -0.15) is 0 Å². The first-order valence-electron chi connectivity index (χ1n) is 6.64. The lowest BCUT2D eigenvalue weighted by molar-refractivity contribution is -0.132. The monoisotopic (exact) mass is 226 g/mol. The summed E-state index contributed by atoms with van der Waals surface area (Å²) in [7, 11) is 0. The van der Waals surface area contributed by atoms with E-state index in [-0.39, 0.29) is 0 Å². The zero-order valence-electron chi connectivity index (χ0n) is 10.8. The Bertz CT molecular complexity index is 207. The van der Waals surface area contributed by atoms with Crippen LogP contribution < -0.4 is 0 Å². The quantitative estimate of drug-likeness (QED) is 0.438. The van der Waals surface area contributed by atoms with Gasteiger partial charge in [0.05, 0.1) is 0 Å². The average Bonchev–Trinajstić information content (AvgIpc) is 2.26. The lowest BCUT2D eigenvalue weighted by Gasteiger charge is -2.01. The predicted octanol–water partition coefficient (Wildman–Crippen LogP) is 4.55. The lowest BCUT2D eigenvalue weighted by atomic mass is 10.1. The Morgan fingerprint density at radius 2 is 1.62 bits per heavy atom. The molecule has 0 spiro atoms. The molecule has 1 N–H and O–H groups in total. The van der Waals surface area contributed by atoms with Crippen molar-refractivity contribution in [1.29, 1.82) is 0 Å². The average molecular weight is 226 g/mol. The maximum atomic E-state index is 10.9. The van der Waals surface area contributed by atoms with Crippen LogP contribution in [0.2, 0.25) is 0 Å². The minimum atomic E-state index is -0.734. The van der Waals surface area contributed by atoms with Crippen molar-refractivity contribution >= 4 is 5.97 Å². The highest BCUT2D eigenvalue weighted by atomic mass is 16.4. The molecule has 0 aromatic carbocycles. The zero-order valence-corrected chi connectivity index (χ0v) is 10.8. The summed E-state index contributed by atoms with van der Waals surface area (Å²) in [6, 6.07) is 0. The third-order valence-corrected chi connectivity index (χ3v) is 2.77. The van der Waals surface area contributed by atoms with Crippen LogP contribution in [0.15, 0.2) is 11.6 Å². The van der Waals surface area contributed by atoms with Crippen molar-refractivity contribution in [3.8, 4) is 0 Å². The van der Waals surface area contributed by atoms with Crippen molar-refractivity contribution in [2.45, 2.75) is 71.6 Å². The number of carboxylic acids is 1. The van der Waals surface area contributed by atoms with Crippen molar-refractivity contribution in [3.05, 3.63) is 11.6 Å². The van der Waals surface area contributed by atoms with Gasteiger partial charge in [-0.1, -0.05) is 52.0 Å². The molecule has 2 nitrogen and oxygen atoms in total. The van der Waals surface area contributed by atoms with Crippen LogP contribution in [0.4, 0.5) is 0 Å². The van der Waals surface area contributed by atoms with Crippen molar-refractivity contribution in [2.24, 2.45) is 0 Å². The van der Waals surface area contributed by atoms with Gasteiger partial charge in [-0.05, 0) is 25.7 Å². The van der Waals surface area contributed by atoms with Crippen LogP contribution in [0.5, 0.6) is 0 Å². The normalized spacial score (nSPS) is 11.8. The van der Waals surface area contributed by atoms with Crippen LogP contribution in [0.1, 0.15) is 71.6 Å². The third kappa shape index (κ3) is 8.51. The van der Waals surface area contributed by atoms with Crippen molar-refractivity contribution in [1.82, 2.24) is 0 Å². The fourth-order valence-corrected chi connectivity index (χ4v) is 1.69. The molecule has 0 aliphatic carbocycles. The molecular formula is C14H26O2. The standard InChI is InChI=1S/C14H26O2/c1-3-5-7-8-9-10-12-13(14(15)16)11-6-4-2/h12H,3-11H2,1-2H3,(H,15,16). The lowest BCUT2D eigenvalue weighted by Crippen LogP contribution is -2.00. The minimum absolute atomic E-state index is 0.609. The number of carbonyl (C=O) groups is 1. The van der Waals surface area contributed by atoms with E-state index in [0.29, 0.717) is 5.57 Å². The number of aliphatic carboxylic acids is 1. The molecule has 0 aliphatic rings. The summed E-state index contributed by atoms with van der Waals surface area (Å²) in [5, 5.41) is 8.97. The molecule has 2 heteroatoms. The Hall–Kier alpha value is -0.790. The van der Waals surface area contributed by atoms with E-state index in [1.54, 1.807) is 0 Å². The molecule has 0 amide bonds. The molecule has 0 heterocycles. The van der Waals surface area contributed by atoms with Gasteiger partial charge < -0.3 is 5.11 Å². The van der Waals surface area contributed by atoms with Crippen LogP contribution in [-0.2, 0) is 4.79 Å². The number of carboxylic acid groups (broad SMARTS) is 1. The Morgan fingerprint density at radius 1 is 1.00 bits per heavy atom. The van der Waals surface area contributed by atoms with Crippen LogP contribution in [0, 0.1) is 0 Å². The summed E-state index contributed by atoms with van der Waals surface area (Å²) >= 11 is 0. The van der Waals surface area contributed by atoms with E-state index in [1.807, 2.05) is 6.08 Å². The third-order valence-electron chi connectivity index (χ3n) is 2.77. The topological polar surface area (TPSA) is 37.3 Å². The van der Waals surface area contributed by atoms with Crippen LogP contribution in [0.25, 0.3) is 0 Å². The molecule has 0 saturated carbocycles. The Kier molecular flexibility index (Phi) is 10.2. The van der Waals surface area contributed by atoms with Gasteiger partial charge >= 0.3 is 5.97 Å². The van der Waals surface area contributed by atoms with E-state index < -0.39 is 5.97 Å². The highest BCUT2D eigenvalue weighted by Crippen LogP contribution is 2.11. The molecule has 0 saturated heterocycles. The largest absolute Gasteiger partial charge is 0.478 e. The Morgan fingerprint density at radius 3 is 2.19 bits per heavy atom. The molecule has 0 fully saturated rings. The number of allylic oxidation sites excluding steroid dienone is 1. The van der Waals surface area contributed by atoms with Gasteiger partial charge in [-0.3, -0.25) is 0 Å². The molecular weight excluding hydrogens is 200 g/mol. The second-order valence-corrected chi connectivity index (χ2v) is 4.34. The molecule has 0 aromatic rings. The highest BCUT2D eigenvalue weighted by molar-refractivity contribution is 5.86. The molecule has 0 aliphatic heterocycles. The molecule has 0 unspecified atom stereocenters. The molecule has 94 valence electrons. The van der Waals surface area contributed by atoms with Gasteiger partial charge in [0.2, 0.25) is 0 Å². The SMILES string of the molecule is CCCCCCCC=C(CCCC)C(=O)O. The minimum Gasteiger partial charge on any atom is -0.478 e. The first kappa shape index (κ1) is 15.2. The predicted molar refractivity (Wildman–Crippen MR) is 68.6 cm³/mol. The van der Waals surface area contributed by atoms with Gasteiger partial charge in [0, 0.05) is 5.57 Å². The molecule has 0 radical (unpaired) electrons. The summed E-state index contributed by atoms with van der Waals surface area (Å²) in [4.78, 5) is 10.9. The van der Waals surface area contributed by atoms with Gasteiger partial charge in [-0.15, -0.1) is 0 Å². The van der Waals surface area contributed by atoms with Crippen LogP contribution >= 0.6 is 0 Å². The van der Waals surface area contributed by atoms with Gasteiger partial charge in [0.25, 0.3) is 0 Å². The highest BCUT2D eigenvalue weighted by Gasteiger charge is 2.05. The first-order chi connectivity index (χ1) is 7.72. The fraction of sp³-hybridized carbons (Fsp3) is 0.786. The zero-order chi connectivity index (χ0) is 12.2. The number of hydrogen-bond donors (Lipinski definition) is 1. The van der Waals surface area contributed by atoms with E-state index in [9.17, 15) is 4.79 Å². The first-order valence-corrected chi connectivity index (χ1v) is 6.64. The van der Waals surface area contributed by atoms with Gasteiger partial charge in [0.15, 0.2) is 0 Å². The second-order valence-electron chi connectivity index (χ2n) is 4.34. The number of rotatable bonds is 10. The summed E-state index contributed by atoms with van der Waals surface area (Å²) in [5.41, 5.74) is 0.609. The van der Waals surface area contributed by atoms with Gasteiger partial charge in [-0.25, -0.2) is 4.79 Å². The van der Waals surface area contributed by atoms with Crippen LogP contribution in [0.3, 0.4) is 0 Å². The van der Waals surface area contributed by atoms with E-state index >= 15 is 0 Å². The molecule has 0 bridgehead atoms. The fourth-order valence-electron chi connectivity index (χ4n) is 1.69. The van der Waals surface area contributed by atoms with E-state index in [0.717, 1.165) is 32.1 Å². The van der Waals surface area contributed by atoms with E-state index in [4.69, 9.17) is 5.11 Å².